The number of hydrogen-bond donors (Lipinski definition) is 1. The van der Waals surface area contributed by atoms with Crippen LogP contribution < -0.4 is 4.90 Å². The van der Waals surface area contributed by atoms with E-state index < -0.39 is 0 Å². The Morgan fingerprint density at radius 2 is 2.17 bits per heavy atom. The van der Waals surface area contributed by atoms with Gasteiger partial charge in [0, 0.05) is 18.5 Å². The van der Waals surface area contributed by atoms with Crippen LogP contribution in [0.1, 0.15) is 22.7 Å². The van der Waals surface area contributed by atoms with Gasteiger partial charge in [-0.05, 0) is 31.7 Å². The van der Waals surface area contributed by atoms with Crippen molar-refractivity contribution < 1.29 is 5.11 Å². The van der Waals surface area contributed by atoms with Gasteiger partial charge in [-0.15, -0.1) is 11.3 Å². The molecule has 0 spiro atoms. The smallest absolute Gasteiger partial charge is 0.141 e. The molecular formula is C13H17N3OS. The highest BCUT2D eigenvalue weighted by molar-refractivity contribution is 7.19. The lowest BCUT2D eigenvalue weighted by Gasteiger charge is -2.18. The predicted octanol–water partition coefficient (Wildman–Crippen LogP) is 1.92. The topological polar surface area (TPSA) is 49.2 Å². The minimum Gasteiger partial charge on any atom is -0.395 e. The lowest BCUT2D eigenvalue weighted by Crippen LogP contribution is -2.23. The summed E-state index contributed by atoms with van der Waals surface area (Å²) in [5, 5.41) is 10.3. The fourth-order valence-corrected chi connectivity index (χ4v) is 3.91. The monoisotopic (exact) mass is 263 g/mol. The van der Waals surface area contributed by atoms with E-state index in [0.717, 1.165) is 22.9 Å². The molecule has 0 atom stereocenters. The van der Waals surface area contributed by atoms with Gasteiger partial charge in [0.25, 0.3) is 0 Å². The van der Waals surface area contributed by atoms with Crippen LogP contribution in [0.15, 0.2) is 0 Å². The van der Waals surface area contributed by atoms with Crippen LogP contribution in [0, 0.1) is 6.92 Å². The lowest BCUT2D eigenvalue weighted by molar-refractivity contribution is 0.304. The van der Waals surface area contributed by atoms with Crippen LogP contribution in [-0.2, 0) is 12.8 Å². The Morgan fingerprint density at radius 3 is 2.94 bits per heavy atom. The standard InChI is InChI=1S/C13H17N3OS/c1-8-14-12(16(2)6-7-17)11-9-4-3-5-10(9)18-13(11)15-8/h17H,3-7H2,1-2H3. The lowest BCUT2D eigenvalue weighted by atomic mass is 10.2. The zero-order valence-electron chi connectivity index (χ0n) is 10.7. The van der Waals surface area contributed by atoms with E-state index in [0.29, 0.717) is 6.54 Å². The third-order valence-electron chi connectivity index (χ3n) is 3.45. The van der Waals surface area contributed by atoms with Crippen LogP contribution in [0.25, 0.3) is 10.2 Å². The van der Waals surface area contributed by atoms with Crippen LogP contribution in [0.5, 0.6) is 0 Å². The highest BCUT2D eigenvalue weighted by Crippen LogP contribution is 2.40. The van der Waals surface area contributed by atoms with Crippen molar-refractivity contribution >= 4 is 27.4 Å². The molecule has 2 heterocycles. The van der Waals surface area contributed by atoms with Gasteiger partial charge >= 0.3 is 0 Å². The van der Waals surface area contributed by atoms with E-state index in [9.17, 15) is 0 Å². The van der Waals surface area contributed by atoms with Gasteiger partial charge in [0.15, 0.2) is 0 Å². The molecule has 1 aliphatic carbocycles. The van der Waals surface area contributed by atoms with E-state index in [2.05, 4.69) is 9.97 Å². The van der Waals surface area contributed by atoms with Gasteiger partial charge in [-0.2, -0.15) is 0 Å². The first-order valence-corrected chi connectivity index (χ1v) is 7.13. The van der Waals surface area contributed by atoms with Gasteiger partial charge < -0.3 is 10.0 Å². The van der Waals surface area contributed by atoms with Gasteiger partial charge in [-0.3, -0.25) is 0 Å². The average molecular weight is 263 g/mol. The number of aliphatic hydroxyl groups is 1. The molecular weight excluding hydrogens is 246 g/mol. The number of aryl methyl sites for hydroxylation is 3. The second kappa shape index (κ2) is 4.48. The molecule has 0 saturated carbocycles. The number of aromatic nitrogens is 2. The maximum absolute atomic E-state index is 9.10. The first-order chi connectivity index (χ1) is 8.70. The number of hydrogen-bond acceptors (Lipinski definition) is 5. The summed E-state index contributed by atoms with van der Waals surface area (Å²) in [6.07, 6.45) is 3.56. The molecule has 18 heavy (non-hydrogen) atoms. The summed E-state index contributed by atoms with van der Waals surface area (Å²) < 4.78 is 0. The number of thiophene rings is 1. The fraction of sp³-hybridized carbons (Fsp3) is 0.538. The SMILES string of the molecule is Cc1nc(N(C)CCO)c2c3c(sc2n1)CCC3. The Morgan fingerprint density at radius 1 is 1.33 bits per heavy atom. The zero-order valence-corrected chi connectivity index (χ0v) is 11.5. The van der Waals surface area contributed by atoms with Crippen molar-refractivity contribution in [2.45, 2.75) is 26.2 Å². The van der Waals surface area contributed by atoms with Gasteiger partial charge in [0.2, 0.25) is 0 Å². The first-order valence-electron chi connectivity index (χ1n) is 6.31. The molecule has 1 N–H and O–H groups in total. The molecule has 5 heteroatoms. The summed E-state index contributed by atoms with van der Waals surface area (Å²) in [6, 6.07) is 0. The van der Waals surface area contributed by atoms with Crippen molar-refractivity contribution in [1.82, 2.24) is 9.97 Å². The van der Waals surface area contributed by atoms with Crippen LogP contribution in [-0.4, -0.2) is 35.3 Å². The second-order valence-electron chi connectivity index (χ2n) is 4.78. The van der Waals surface area contributed by atoms with Crippen molar-refractivity contribution in [3.05, 3.63) is 16.3 Å². The first kappa shape index (κ1) is 11.9. The average Bonchev–Trinajstić information content (AvgIpc) is 2.87. The van der Waals surface area contributed by atoms with Crippen molar-refractivity contribution in [2.75, 3.05) is 25.1 Å². The second-order valence-corrected chi connectivity index (χ2v) is 5.86. The highest BCUT2D eigenvalue weighted by Gasteiger charge is 2.23. The van der Waals surface area contributed by atoms with Crippen LogP contribution in [0.3, 0.4) is 0 Å². The summed E-state index contributed by atoms with van der Waals surface area (Å²) in [4.78, 5) is 13.7. The van der Waals surface area contributed by atoms with E-state index in [1.165, 1.54) is 28.7 Å². The zero-order chi connectivity index (χ0) is 12.7. The molecule has 0 bridgehead atoms. The van der Waals surface area contributed by atoms with E-state index >= 15 is 0 Å². The number of aliphatic hydroxyl groups excluding tert-OH is 1. The quantitative estimate of drug-likeness (QED) is 0.919. The minimum absolute atomic E-state index is 0.146. The predicted molar refractivity (Wildman–Crippen MR) is 74.5 cm³/mol. The van der Waals surface area contributed by atoms with E-state index in [1.54, 1.807) is 0 Å². The molecule has 0 amide bonds. The molecule has 4 nitrogen and oxygen atoms in total. The molecule has 0 fully saturated rings. The number of likely N-dealkylation sites (N-methyl/N-ethyl adjacent to an activating group) is 1. The molecule has 0 unspecified atom stereocenters. The Labute approximate surface area is 110 Å². The number of fused-ring (bicyclic) bond motifs is 3. The normalized spacial score (nSPS) is 14.2. The van der Waals surface area contributed by atoms with Gasteiger partial charge in [-0.1, -0.05) is 0 Å². The molecule has 0 aliphatic heterocycles. The van der Waals surface area contributed by atoms with Crippen molar-refractivity contribution in [3.63, 3.8) is 0 Å². The summed E-state index contributed by atoms with van der Waals surface area (Å²) in [6.45, 7) is 2.68. The maximum Gasteiger partial charge on any atom is 0.141 e. The van der Waals surface area contributed by atoms with Crippen molar-refractivity contribution in [1.29, 1.82) is 0 Å². The Hall–Kier alpha value is -1.20. The third kappa shape index (κ3) is 1.78. The van der Waals surface area contributed by atoms with E-state index in [1.807, 2.05) is 30.2 Å². The van der Waals surface area contributed by atoms with Crippen LogP contribution >= 0.6 is 11.3 Å². The van der Waals surface area contributed by atoms with E-state index in [4.69, 9.17) is 5.11 Å². The Bertz CT molecular complexity index is 593. The van der Waals surface area contributed by atoms with Crippen LogP contribution in [0.4, 0.5) is 5.82 Å². The third-order valence-corrected chi connectivity index (χ3v) is 4.64. The molecule has 2 aromatic heterocycles. The van der Waals surface area contributed by atoms with Crippen LogP contribution in [0.2, 0.25) is 0 Å². The Kier molecular flexibility index (Phi) is 2.95. The number of nitrogens with zero attached hydrogens (tertiary/aromatic N) is 3. The summed E-state index contributed by atoms with van der Waals surface area (Å²) >= 11 is 1.81. The molecule has 3 rings (SSSR count). The highest BCUT2D eigenvalue weighted by atomic mass is 32.1. The molecule has 0 saturated heterocycles. The number of rotatable bonds is 3. The van der Waals surface area contributed by atoms with E-state index in [-0.39, 0.29) is 6.61 Å². The molecule has 2 aromatic rings. The molecule has 96 valence electrons. The molecule has 0 aromatic carbocycles. The Balaban J connectivity index is 2.22. The summed E-state index contributed by atoms with van der Waals surface area (Å²) in [7, 11) is 1.98. The molecule has 1 aliphatic rings. The fourth-order valence-electron chi connectivity index (χ4n) is 2.61. The summed E-state index contributed by atoms with van der Waals surface area (Å²) in [5.41, 5.74) is 1.44. The van der Waals surface area contributed by atoms with Gasteiger partial charge in [0.05, 0.1) is 12.0 Å². The largest absolute Gasteiger partial charge is 0.395 e. The summed E-state index contributed by atoms with van der Waals surface area (Å²) in [5.74, 6) is 1.79. The number of anilines is 1. The van der Waals surface area contributed by atoms with Crippen molar-refractivity contribution in [2.24, 2.45) is 0 Å². The minimum atomic E-state index is 0.146. The van der Waals surface area contributed by atoms with Crippen molar-refractivity contribution in [3.8, 4) is 0 Å². The van der Waals surface area contributed by atoms with Gasteiger partial charge in [0.1, 0.15) is 16.5 Å². The van der Waals surface area contributed by atoms with Gasteiger partial charge in [-0.25, -0.2) is 9.97 Å². The maximum atomic E-state index is 9.10. The molecule has 0 radical (unpaired) electrons.